The minimum atomic E-state index is -2.84. The Morgan fingerprint density at radius 3 is 2.56 bits per heavy atom. The molecule has 0 aliphatic rings. The highest BCUT2D eigenvalue weighted by Gasteiger charge is 2.26. The number of halogens is 2. The maximum Gasteiger partial charge on any atom is 0.301 e. The average molecular weight is 132 g/mol. The fourth-order valence-electron chi connectivity index (χ4n) is 0.505. The first kappa shape index (κ1) is 6.19. The molecule has 9 heavy (non-hydrogen) atoms. The third-order valence-electron chi connectivity index (χ3n) is 0.914. The van der Waals surface area contributed by atoms with Crippen LogP contribution in [0.1, 0.15) is 12.7 Å². The Kier molecular flexibility index (Phi) is 1.23. The van der Waals surface area contributed by atoms with Gasteiger partial charge < -0.3 is 4.98 Å². The minimum absolute atomic E-state index is 0.289. The van der Waals surface area contributed by atoms with Crippen LogP contribution in [-0.2, 0) is 5.92 Å². The van der Waals surface area contributed by atoms with E-state index < -0.39 is 5.92 Å². The van der Waals surface area contributed by atoms with Crippen LogP contribution in [0, 0.1) is 0 Å². The van der Waals surface area contributed by atoms with Crippen LogP contribution in [0.2, 0.25) is 0 Å². The second-order valence-electron chi connectivity index (χ2n) is 1.83. The van der Waals surface area contributed by atoms with E-state index in [0.717, 1.165) is 6.92 Å². The summed E-state index contributed by atoms with van der Waals surface area (Å²) in [6.45, 7) is 0.797. The molecule has 0 unspecified atom stereocenters. The lowest BCUT2D eigenvalue weighted by Crippen LogP contribution is -2.08. The number of aromatic amines is 1. The molecular formula is C5H6F2N2. The molecule has 0 saturated carbocycles. The standard InChI is InChI=1S/C5H6F2N2/c1-5(6,7)4-8-2-3-9-4/h2-3H,1H3,(H,8,9). The van der Waals surface area contributed by atoms with Gasteiger partial charge in [0.1, 0.15) is 0 Å². The van der Waals surface area contributed by atoms with E-state index >= 15 is 0 Å². The Labute approximate surface area is 50.9 Å². The number of nitrogens with one attached hydrogen (secondary N) is 1. The lowest BCUT2D eigenvalue weighted by Gasteiger charge is -2.03. The van der Waals surface area contributed by atoms with Crippen LogP contribution in [0.4, 0.5) is 8.78 Å². The normalized spacial score (nSPS) is 11.9. The highest BCUT2D eigenvalue weighted by Crippen LogP contribution is 2.22. The zero-order valence-corrected chi connectivity index (χ0v) is 4.86. The maximum absolute atomic E-state index is 12.2. The van der Waals surface area contributed by atoms with E-state index in [-0.39, 0.29) is 5.82 Å². The van der Waals surface area contributed by atoms with Gasteiger partial charge in [0.05, 0.1) is 0 Å². The van der Waals surface area contributed by atoms with Gasteiger partial charge in [-0.15, -0.1) is 0 Å². The highest BCUT2D eigenvalue weighted by atomic mass is 19.3. The van der Waals surface area contributed by atoms with Crippen molar-refractivity contribution in [2.75, 3.05) is 0 Å². The number of alkyl halides is 2. The monoisotopic (exact) mass is 132 g/mol. The minimum Gasteiger partial charge on any atom is -0.344 e. The predicted octanol–water partition coefficient (Wildman–Crippen LogP) is 1.52. The largest absolute Gasteiger partial charge is 0.344 e. The molecule has 0 atom stereocenters. The molecule has 1 aromatic rings. The Morgan fingerprint density at radius 2 is 2.33 bits per heavy atom. The molecule has 0 saturated heterocycles. The van der Waals surface area contributed by atoms with Crippen LogP contribution < -0.4 is 0 Å². The summed E-state index contributed by atoms with van der Waals surface area (Å²) in [6, 6.07) is 0. The number of nitrogens with zero attached hydrogens (tertiary/aromatic N) is 1. The van der Waals surface area contributed by atoms with Crippen molar-refractivity contribution in [2.45, 2.75) is 12.8 Å². The zero-order chi connectivity index (χ0) is 6.91. The first-order valence-corrected chi connectivity index (χ1v) is 2.48. The smallest absolute Gasteiger partial charge is 0.301 e. The maximum atomic E-state index is 12.2. The first-order chi connectivity index (χ1) is 4.11. The van der Waals surface area contributed by atoms with Gasteiger partial charge in [-0.3, -0.25) is 0 Å². The summed E-state index contributed by atoms with van der Waals surface area (Å²) < 4.78 is 24.4. The molecule has 4 heteroatoms. The molecule has 50 valence electrons. The molecule has 0 fully saturated rings. The zero-order valence-electron chi connectivity index (χ0n) is 4.86. The van der Waals surface area contributed by atoms with Gasteiger partial charge in [0.25, 0.3) is 0 Å². The lowest BCUT2D eigenvalue weighted by molar-refractivity contribution is 0.00859. The van der Waals surface area contributed by atoms with Gasteiger partial charge in [0, 0.05) is 19.3 Å². The number of hydrogen-bond donors (Lipinski definition) is 1. The number of aromatic nitrogens is 2. The molecule has 0 amide bonds. The Hall–Kier alpha value is -0.930. The van der Waals surface area contributed by atoms with Crippen molar-refractivity contribution in [1.82, 2.24) is 9.97 Å². The predicted molar refractivity (Wildman–Crippen MR) is 28.2 cm³/mol. The van der Waals surface area contributed by atoms with Crippen LogP contribution in [0.25, 0.3) is 0 Å². The lowest BCUT2D eigenvalue weighted by atomic mass is 10.4. The van der Waals surface area contributed by atoms with Crippen LogP contribution in [0.5, 0.6) is 0 Å². The topological polar surface area (TPSA) is 28.7 Å². The summed E-state index contributed by atoms with van der Waals surface area (Å²) >= 11 is 0. The van der Waals surface area contributed by atoms with Crippen molar-refractivity contribution < 1.29 is 8.78 Å². The summed E-state index contributed by atoms with van der Waals surface area (Å²) in [7, 11) is 0. The quantitative estimate of drug-likeness (QED) is 0.616. The van der Waals surface area contributed by atoms with Crippen molar-refractivity contribution in [1.29, 1.82) is 0 Å². The van der Waals surface area contributed by atoms with Gasteiger partial charge in [0.15, 0.2) is 5.82 Å². The van der Waals surface area contributed by atoms with E-state index in [1.165, 1.54) is 12.4 Å². The SMILES string of the molecule is CC(F)(F)c1ncc[nH]1. The second kappa shape index (κ2) is 1.79. The van der Waals surface area contributed by atoms with E-state index in [0.29, 0.717) is 0 Å². The molecule has 1 aromatic heterocycles. The van der Waals surface area contributed by atoms with E-state index in [1.807, 2.05) is 0 Å². The first-order valence-electron chi connectivity index (χ1n) is 2.48. The van der Waals surface area contributed by atoms with Gasteiger partial charge in [0.2, 0.25) is 0 Å². The van der Waals surface area contributed by atoms with Gasteiger partial charge >= 0.3 is 5.92 Å². The summed E-state index contributed by atoms with van der Waals surface area (Å²) in [5, 5.41) is 0. The molecule has 1 heterocycles. The van der Waals surface area contributed by atoms with Crippen LogP contribution in [-0.4, -0.2) is 9.97 Å². The molecule has 2 nitrogen and oxygen atoms in total. The Bertz CT molecular complexity index is 175. The number of imidazole rings is 1. The highest BCUT2D eigenvalue weighted by molar-refractivity contribution is 4.93. The molecule has 0 aliphatic carbocycles. The number of rotatable bonds is 1. The number of H-pyrrole nitrogens is 1. The van der Waals surface area contributed by atoms with E-state index in [9.17, 15) is 8.78 Å². The van der Waals surface area contributed by atoms with E-state index in [1.54, 1.807) is 0 Å². The van der Waals surface area contributed by atoms with Crippen LogP contribution in [0.15, 0.2) is 12.4 Å². The third-order valence-corrected chi connectivity index (χ3v) is 0.914. The average Bonchev–Trinajstić information content (AvgIpc) is 2.08. The summed E-state index contributed by atoms with van der Waals surface area (Å²) in [5.74, 6) is -3.13. The molecule has 0 bridgehead atoms. The van der Waals surface area contributed by atoms with Crippen molar-refractivity contribution >= 4 is 0 Å². The molecule has 1 rings (SSSR count). The molecule has 0 aromatic carbocycles. The van der Waals surface area contributed by atoms with Gasteiger partial charge in [-0.05, 0) is 0 Å². The third kappa shape index (κ3) is 1.25. The fraction of sp³-hybridized carbons (Fsp3) is 0.400. The molecule has 0 spiro atoms. The summed E-state index contributed by atoms with van der Waals surface area (Å²) in [4.78, 5) is 5.70. The van der Waals surface area contributed by atoms with Crippen molar-refractivity contribution in [2.24, 2.45) is 0 Å². The van der Waals surface area contributed by atoms with Crippen molar-refractivity contribution in [3.05, 3.63) is 18.2 Å². The van der Waals surface area contributed by atoms with Crippen LogP contribution in [0.3, 0.4) is 0 Å². The molecule has 0 radical (unpaired) electrons. The van der Waals surface area contributed by atoms with Gasteiger partial charge in [-0.25, -0.2) is 4.98 Å². The van der Waals surface area contributed by atoms with E-state index in [2.05, 4.69) is 9.97 Å². The van der Waals surface area contributed by atoms with Gasteiger partial charge in [-0.1, -0.05) is 0 Å². The van der Waals surface area contributed by atoms with Gasteiger partial charge in [-0.2, -0.15) is 8.78 Å². The van der Waals surface area contributed by atoms with Crippen molar-refractivity contribution in [3.63, 3.8) is 0 Å². The number of hydrogen-bond acceptors (Lipinski definition) is 1. The van der Waals surface area contributed by atoms with Crippen LogP contribution >= 0.6 is 0 Å². The summed E-state index contributed by atoms with van der Waals surface area (Å²) in [6.07, 6.45) is 2.67. The Morgan fingerprint density at radius 1 is 1.67 bits per heavy atom. The molecule has 0 aliphatic heterocycles. The van der Waals surface area contributed by atoms with Crippen molar-refractivity contribution in [3.8, 4) is 0 Å². The molecule has 1 N–H and O–H groups in total. The summed E-state index contributed by atoms with van der Waals surface area (Å²) in [5.41, 5.74) is 0. The fourth-order valence-corrected chi connectivity index (χ4v) is 0.505. The molecular weight excluding hydrogens is 126 g/mol. The van der Waals surface area contributed by atoms with E-state index in [4.69, 9.17) is 0 Å². The second-order valence-corrected chi connectivity index (χ2v) is 1.83. The Balaban J connectivity index is 2.90.